The van der Waals surface area contributed by atoms with E-state index >= 15 is 0 Å². The summed E-state index contributed by atoms with van der Waals surface area (Å²) in [6, 6.07) is 13.9. The summed E-state index contributed by atoms with van der Waals surface area (Å²) in [7, 11) is 2.76. The monoisotopic (exact) mass is 427 g/mol. The molecule has 8 heteroatoms. The smallest absolute Gasteiger partial charge is 0.328 e. The van der Waals surface area contributed by atoms with Gasteiger partial charge in [-0.3, -0.25) is 14.5 Å². The summed E-state index contributed by atoms with van der Waals surface area (Å²) < 4.78 is 15.9. The van der Waals surface area contributed by atoms with E-state index in [2.05, 4.69) is 4.74 Å². The maximum absolute atomic E-state index is 12.7. The van der Waals surface area contributed by atoms with Crippen molar-refractivity contribution in [2.24, 2.45) is 0 Å². The number of nitrogens with zero attached hydrogens (tertiary/aromatic N) is 1. The maximum Gasteiger partial charge on any atom is 0.328 e. The summed E-state index contributed by atoms with van der Waals surface area (Å²) in [5.74, 6) is -0.127. The number of hydrogen-bond acceptors (Lipinski definition) is 7. The van der Waals surface area contributed by atoms with Gasteiger partial charge in [0.25, 0.3) is 11.1 Å². The first-order valence-electron chi connectivity index (χ1n) is 9.14. The zero-order chi connectivity index (χ0) is 21.7. The maximum atomic E-state index is 12.7. The summed E-state index contributed by atoms with van der Waals surface area (Å²) in [5, 5.41) is -0.516. The summed E-state index contributed by atoms with van der Waals surface area (Å²) in [4.78, 5) is 37.8. The van der Waals surface area contributed by atoms with Crippen molar-refractivity contribution >= 4 is 35.0 Å². The zero-order valence-electron chi connectivity index (χ0n) is 16.8. The Labute approximate surface area is 178 Å². The molecule has 1 fully saturated rings. The van der Waals surface area contributed by atoms with E-state index in [1.165, 1.54) is 14.0 Å². The molecule has 1 saturated heterocycles. The fraction of sp³-hybridized carbons (Fsp3) is 0.227. The molecule has 2 aromatic rings. The molecule has 3 rings (SSSR count). The molecule has 0 radical (unpaired) electrons. The fourth-order valence-corrected chi connectivity index (χ4v) is 3.78. The second-order valence-corrected chi connectivity index (χ2v) is 7.43. The molecule has 0 aliphatic carbocycles. The van der Waals surface area contributed by atoms with E-state index in [0.717, 1.165) is 22.2 Å². The summed E-state index contributed by atoms with van der Waals surface area (Å²) in [5.41, 5.74) is 1.66. The highest BCUT2D eigenvalue weighted by atomic mass is 32.2. The molecule has 1 aliphatic rings. The Hall–Kier alpha value is -3.26. The van der Waals surface area contributed by atoms with Gasteiger partial charge in [-0.1, -0.05) is 36.4 Å². The zero-order valence-corrected chi connectivity index (χ0v) is 17.6. The van der Waals surface area contributed by atoms with Gasteiger partial charge in [-0.25, -0.2) is 4.79 Å². The van der Waals surface area contributed by atoms with Crippen LogP contribution in [0.3, 0.4) is 0 Å². The van der Waals surface area contributed by atoms with E-state index in [0.29, 0.717) is 23.7 Å². The fourth-order valence-electron chi connectivity index (χ4n) is 2.87. The largest absolute Gasteiger partial charge is 0.493 e. The molecule has 0 aromatic heterocycles. The van der Waals surface area contributed by atoms with Crippen molar-refractivity contribution in [1.82, 2.24) is 4.90 Å². The van der Waals surface area contributed by atoms with Gasteiger partial charge in [0, 0.05) is 0 Å². The van der Waals surface area contributed by atoms with Crippen molar-refractivity contribution in [3.05, 3.63) is 64.6 Å². The number of carbonyl (C=O) groups excluding carboxylic acids is 3. The third kappa shape index (κ3) is 4.65. The summed E-state index contributed by atoms with van der Waals surface area (Å²) >= 11 is 0.778. The number of imide groups is 1. The van der Waals surface area contributed by atoms with E-state index in [9.17, 15) is 14.4 Å². The first kappa shape index (κ1) is 21.4. The average Bonchev–Trinajstić information content (AvgIpc) is 3.04. The Balaban J connectivity index is 1.82. The van der Waals surface area contributed by atoms with Crippen molar-refractivity contribution in [3.8, 4) is 11.5 Å². The van der Waals surface area contributed by atoms with Gasteiger partial charge in [-0.05, 0) is 48.0 Å². The Kier molecular flexibility index (Phi) is 6.79. The van der Waals surface area contributed by atoms with Crippen molar-refractivity contribution in [3.63, 3.8) is 0 Å². The second kappa shape index (κ2) is 9.49. The van der Waals surface area contributed by atoms with E-state index in [4.69, 9.17) is 9.47 Å². The van der Waals surface area contributed by atoms with Crippen LogP contribution >= 0.6 is 11.8 Å². The minimum atomic E-state index is -0.992. The van der Waals surface area contributed by atoms with E-state index < -0.39 is 23.2 Å². The van der Waals surface area contributed by atoms with Gasteiger partial charge in [0.15, 0.2) is 11.5 Å². The Bertz CT molecular complexity index is 988. The van der Waals surface area contributed by atoms with E-state index in [1.54, 1.807) is 31.4 Å². The molecular formula is C22H21NO6S. The molecule has 0 unspecified atom stereocenters. The van der Waals surface area contributed by atoms with Gasteiger partial charge >= 0.3 is 5.97 Å². The number of ether oxygens (including phenoxy) is 3. The minimum Gasteiger partial charge on any atom is -0.493 e. The molecule has 30 heavy (non-hydrogen) atoms. The van der Waals surface area contributed by atoms with Crippen LogP contribution in [0.5, 0.6) is 11.5 Å². The van der Waals surface area contributed by atoms with Crippen LogP contribution in [-0.2, 0) is 20.9 Å². The minimum absolute atomic E-state index is 0.218. The first-order chi connectivity index (χ1) is 14.4. The molecule has 2 amide bonds. The quantitative estimate of drug-likeness (QED) is 0.490. The van der Waals surface area contributed by atoms with Crippen molar-refractivity contribution in [2.45, 2.75) is 19.6 Å². The van der Waals surface area contributed by atoms with Crippen LogP contribution in [0.15, 0.2) is 53.4 Å². The van der Waals surface area contributed by atoms with Crippen LogP contribution in [0, 0.1) is 0 Å². The molecule has 1 aliphatic heterocycles. The number of carbonyl (C=O) groups is 3. The van der Waals surface area contributed by atoms with Gasteiger partial charge in [-0.15, -0.1) is 0 Å². The molecule has 0 bridgehead atoms. The number of methoxy groups -OCH3 is 2. The molecular weight excluding hydrogens is 406 g/mol. The highest BCUT2D eigenvalue weighted by molar-refractivity contribution is 8.18. The highest BCUT2D eigenvalue weighted by Crippen LogP contribution is 2.35. The van der Waals surface area contributed by atoms with E-state index in [1.807, 2.05) is 30.3 Å². The lowest BCUT2D eigenvalue weighted by molar-refractivity contribution is -0.148. The third-order valence-electron chi connectivity index (χ3n) is 4.48. The normalized spacial score (nSPS) is 16.0. The van der Waals surface area contributed by atoms with Crippen molar-refractivity contribution in [1.29, 1.82) is 0 Å². The lowest BCUT2D eigenvalue weighted by atomic mass is 10.1. The van der Waals surface area contributed by atoms with E-state index in [-0.39, 0.29) is 4.91 Å². The third-order valence-corrected chi connectivity index (χ3v) is 5.36. The molecule has 1 heterocycles. The lowest BCUT2D eigenvalue weighted by Gasteiger charge is -2.18. The van der Waals surface area contributed by atoms with Crippen LogP contribution in [-0.4, -0.2) is 42.3 Å². The summed E-state index contributed by atoms with van der Waals surface area (Å²) in [6.45, 7) is 1.81. The second-order valence-electron chi connectivity index (χ2n) is 6.44. The first-order valence-corrected chi connectivity index (χ1v) is 9.96. The SMILES string of the molecule is COC(=O)[C@H](C)N1C(=O)S/C(=C/c2ccc(OC)c(OCc3ccccc3)c2)C1=O. The molecule has 156 valence electrons. The number of amides is 2. The average molecular weight is 427 g/mol. The Morgan fingerprint density at radius 1 is 1.10 bits per heavy atom. The predicted molar refractivity (Wildman–Crippen MR) is 113 cm³/mol. The lowest BCUT2D eigenvalue weighted by Crippen LogP contribution is -2.42. The summed E-state index contributed by atoms with van der Waals surface area (Å²) in [6.07, 6.45) is 1.59. The van der Waals surface area contributed by atoms with Crippen molar-refractivity contribution < 1.29 is 28.6 Å². The molecule has 0 saturated carbocycles. The van der Waals surface area contributed by atoms with Crippen LogP contribution in [0.4, 0.5) is 4.79 Å². The molecule has 2 aromatic carbocycles. The van der Waals surface area contributed by atoms with Crippen molar-refractivity contribution in [2.75, 3.05) is 14.2 Å². The number of benzene rings is 2. The number of rotatable bonds is 7. The predicted octanol–water partition coefficient (Wildman–Crippen LogP) is 3.87. The molecule has 7 nitrogen and oxygen atoms in total. The molecule has 0 N–H and O–H groups in total. The standard InChI is InChI=1S/C22H21NO6S/c1-14(21(25)28-3)23-20(24)19(30-22(23)26)12-16-9-10-17(27-2)18(11-16)29-13-15-7-5-4-6-8-15/h4-12,14H,13H2,1-3H3/b19-12+/t14-/m0/s1. The topological polar surface area (TPSA) is 82.1 Å². The highest BCUT2D eigenvalue weighted by Gasteiger charge is 2.41. The van der Waals surface area contributed by atoms with Gasteiger partial charge in [0.2, 0.25) is 0 Å². The number of hydrogen-bond donors (Lipinski definition) is 0. The van der Waals surface area contributed by atoms with Gasteiger partial charge < -0.3 is 14.2 Å². The van der Waals surface area contributed by atoms with Crippen LogP contribution in [0.25, 0.3) is 6.08 Å². The van der Waals surface area contributed by atoms with Gasteiger partial charge in [0.05, 0.1) is 19.1 Å². The number of thioether (sulfide) groups is 1. The van der Waals surface area contributed by atoms with Gasteiger partial charge in [-0.2, -0.15) is 0 Å². The van der Waals surface area contributed by atoms with Gasteiger partial charge in [0.1, 0.15) is 12.6 Å². The van der Waals surface area contributed by atoms with Crippen LogP contribution in [0.2, 0.25) is 0 Å². The Morgan fingerprint density at radius 3 is 2.50 bits per heavy atom. The number of esters is 1. The van der Waals surface area contributed by atoms with Crippen LogP contribution in [0.1, 0.15) is 18.1 Å². The van der Waals surface area contributed by atoms with Crippen LogP contribution < -0.4 is 9.47 Å². The molecule has 0 spiro atoms. The Morgan fingerprint density at radius 2 is 1.83 bits per heavy atom. The molecule has 1 atom stereocenters.